The molecule has 0 saturated carbocycles. The molecule has 0 aliphatic heterocycles. The molecular formula is C14H17ClN2O4. The summed E-state index contributed by atoms with van der Waals surface area (Å²) in [6.45, 7) is 2.54. The first-order chi connectivity index (χ1) is 10.0. The van der Waals surface area contributed by atoms with Gasteiger partial charge in [-0.1, -0.05) is 11.6 Å². The van der Waals surface area contributed by atoms with Crippen molar-refractivity contribution >= 4 is 28.6 Å². The first kappa shape index (κ1) is 15.6. The number of nitrogens with zero attached hydrogens (tertiary/aromatic N) is 1. The molecule has 1 aromatic heterocycles. The Balaban J connectivity index is 2.05. The Morgan fingerprint density at radius 3 is 3.00 bits per heavy atom. The second-order valence-electron chi connectivity index (χ2n) is 4.81. The number of amides is 1. The number of aryl methyl sites for hydroxylation is 1. The topological polar surface area (TPSA) is 73.5 Å². The number of nitrogens with one attached hydrogen (secondary N) is 1. The zero-order valence-electron chi connectivity index (χ0n) is 11.9. The van der Waals surface area contributed by atoms with Gasteiger partial charge < -0.3 is 14.5 Å². The van der Waals surface area contributed by atoms with Crippen LogP contribution in [0.25, 0.3) is 11.1 Å². The average Bonchev–Trinajstić information content (AvgIpc) is 2.71. The monoisotopic (exact) mass is 312 g/mol. The molecule has 2 aromatic rings. The predicted octanol–water partition coefficient (Wildman–Crippen LogP) is 1.79. The molecule has 0 radical (unpaired) electrons. The van der Waals surface area contributed by atoms with Crippen molar-refractivity contribution in [3.05, 3.63) is 33.8 Å². The van der Waals surface area contributed by atoms with Crippen molar-refractivity contribution in [3.8, 4) is 0 Å². The number of benzene rings is 1. The highest BCUT2D eigenvalue weighted by molar-refractivity contribution is 6.31. The summed E-state index contributed by atoms with van der Waals surface area (Å²) in [4.78, 5) is 23.6. The Hall–Kier alpha value is -1.79. The summed E-state index contributed by atoms with van der Waals surface area (Å²) >= 11 is 5.85. The van der Waals surface area contributed by atoms with Gasteiger partial charge in [0.25, 0.3) is 0 Å². The highest BCUT2D eigenvalue weighted by atomic mass is 35.5. The standard InChI is InChI=1S/C14H17ClN2O4/c1-9(8-20-2)16-13(18)5-6-17-11-4-3-10(15)7-12(11)21-14(17)19/h3-4,7,9H,5-6,8H2,1-2H3,(H,16,18)/t9-/m1/s1. The zero-order chi connectivity index (χ0) is 15.4. The van der Waals surface area contributed by atoms with Gasteiger partial charge in [0.1, 0.15) is 0 Å². The Morgan fingerprint density at radius 2 is 2.29 bits per heavy atom. The number of methoxy groups -OCH3 is 1. The number of hydrogen-bond acceptors (Lipinski definition) is 4. The fourth-order valence-corrected chi connectivity index (χ4v) is 2.27. The fourth-order valence-electron chi connectivity index (χ4n) is 2.10. The predicted molar refractivity (Wildman–Crippen MR) is 79.6 cm³/mol. The van der Waals surface area contributed by atoms with Crippen LogP contribution < -0.4 is 11.1 Å². The van der Waals surface area contributed by atoms with Crippen molar-refractivity contribution in [1.29, 1.82) is 0 Å². The maximum Gasteiger partial charge on any atom is 0.419 e. The molecule has 0 spiro atoms. The van der Waals surface area contributed by atoms with E-state index in [1.165, 1.54) is 4.57 Å². The molecule has 0 bridgehead atoms. The van der Waals surface area contributed by atoms with Crippen molar-refractivity contribution in [2.75, 3.05) is 13.7 Å². The van der Waals surface area contributed by atoms with E-state index in [-0.39, 0.29) is 24.9 Å². The SMILES string of the molecule is COC[C@@H](C)NC(=O)CCn1c(=O)oc2cc(Cl)ccc21. The summed E-state index contributed by atoms with van der Waals surface area (Å²) < 4.78 is 11.5. The lowest BCUT2D eigenvalue weighted by Crippen LogP contribution is -2.36. The van der Waals surface area contributed by atoms with E-state index in [0.29, 0.717) is 22.7 Å². The Labute approximate surface area is 126 Å². The fraction of sp³-hybridized carbons (Fsp3) is 0.429. The number of carbonyl (C=O) groups is 1. The molecule has 0 unspecified atom stereocenters. The van der Waals surface area contributed by atoms with Crippen LogP contribution in [-0.4, -0.2) is 30.2 Å². The van der Waals surface area contributed by atoms with Crippen LogP contribution in [-0.2, 0) is 16.1 Å². The molecule has 7 heteroatoms. The molecular weight excluding hydrogens is 296 g/mol. The summed E-state index contributed by atoms with van der Waals surface area (Å²) in [6, 6.07) is 4.89. The molecule has 1 heterocycles. The molecule has 1 aromatic carbocycles. The summed E-state index contributed by atoms with van der Waals surface area (Å²) in [5.41, 5.74) is 1.04. The summed E-state index contributed by atoms with van der Waals surface area (Å²) in [5.74, 6) is -0.639. The Kier molecular flexibility index (Phi) is 5.03. The van der Waals surface area contributed by atoms with Crippen LogP contribution in [0, 0.1) is 0 Å². The van der Waals surface area contributed by atoms with Gasteiger partial charge >= 0.3 is 5.76 Å². The highest BCUT2D eigenvalue weighted by Gasteiger charge is 2.12. The van der Waals surface area contributed by atoms with Gasteiger partial charge in [-0.2, -0.15) is 0 Å². The molecule has 2 rings (SSSR count). The van der Waals surface area contributed by atoms with Crippen molar-refractivity contribution < 1.29 is 13.9 Å². The zero-order valence-corrected chi connectivity index (χ0v) is 12.6. The highest BCUT2D eigenvalue weighted by Crippen LogP contribution is 2.18. The number of halogens is 1. The van der Waals surface area contributed by atoms with Gasteiger partial charge in [0.05, 0.1) is 12.1 Å². The van der Waals surface area contributed by atoms with E-state index in [0.717, 1.165) is 0 Å². The summed E-state index contributed by atoms with van der Waals surface area (Å²) in [5, 5.41) is 3.28. The van der Waals surface area contributed by atoms with Gasteiger partial charge in [0.15, 0.2) is 5.58 Å². The van der Waals surface area contributed by atoms with Crippen molar-refractivity contribution in [2.24, 2.45) is 0 Å². The number of rotatable bonds is 6. The number of ether oxygens (including phenoxy) is 1. The summed E-state index contributed by atoms with van der Waals surface area (Å²) in [7, 11) is 1.57. The molecule has 0 aliphatic rings. The molecule has 1 atom stereocenters. The van der Waals surface area contributed by atoms with E-state index in [1.807, 2.05) is 6.92 Å². The number of fused-ring (bicyclic) bond motifs is 1. The quantitative estimate of drug-likeness (QED) is 0.882. The van der Waals surface area contributed by atoms with Gasteiger partial charge in [-0.15, -0.1) is 0 Å². The van der Waals surface area contributed by atoms with Crippen LogP contribution in [0.5, 0.6) is 0 Å². The van der Waals surface area contributed by atoms with Gasteiger partial charge in [-0.3, -0.25) is 9.36 Å². The molecule has 1 N–H and O–H groups in total. The maximum absolute atomic E-state index is 11.8. The van der Waals surface area contributed by atoms with Crippen molar-refractivity contribution in [1.82, 2.24) is 9.88 Å². The third-order valence-electron chi connectivity index (χ3n) is 3.02. The molecule has 21 heavy (non-hydrogen) atoms. The largest absolute Gasteiger partial charge is 0.419 e. The molecule has 114 valence electrons. The van der Waals surface area contributed by atoms with Gasteiger partial charge in [0, 0.05) is 37.2 Å². The first-order valence-electron chi connectivity index (χ1n) is 6.58. The van der Waals surface area contributed by atoms with Crippen LogP contribution in [0.3, 0.4) is 0 Å². The van der Waals surface area contributed by atoms with Gasteiger partial charge in [-0.25, -0.2) is 4.79 Å². The summed E-state index contributed by atoms with van der Waals surface area (Å²) in [6.07, 6.45) is 0.186. The van der Waals surface area contributed by atoms with E-state index < -0.39 is 5.76 Å². The van der Waals surface area contributed by atoms with E-state index in [2.05, 4.69) is 5.32 Å². The third-order valence-corrected chi connectivity index (χ3v) is 3.25. The van der Waals surface area contributed by atoms with Crippen LogP contribution in [0.4, 0.5) is 0 Å². The van der Waals surface area contributed by atoms with E-state index in [9.17, 15) is 9.59 Å². The van der Waals surface area contributed by atoms with Crippen LogP contribution in [0.1, 0.15) is 13.3 Å². The second kappa shape index (κ2) is 6.78. The van der Waals surface area contributed by atoms with E-state index in [1.54, 1.807) is 25.3 Å². The third kappa shape index (κ3) is 3.86. The van der Waals surface area contributed by atoms with Crippen LogP contribution in [0.2, 0.25) is 5.02 Å². The van der Waals surface area contributed by atoms with Gasteiger partial charge in [0.2, 0.25) is 5.91 Å². The molecule has 0 fully saturated rings. The Morgan fingerprint density at radius 1 is 1.52 bits per heavy atom. The van der Waals surface area contributed by atoms with Crippen LogP contribution >= 0.6 is 11.6 Å². The lowest BCUT2D eigenvalue weighted by atomic mass is 10.3. The van der Waals surface area contributed by atoms with E-state index in [4.69, 9.17) is 20.8 Å². The molecule has 1 amide bonds. The van der Waals surface area contributed by atoms with Crippen molar-refractivity contribution in [3.63, 3.8) is 0 Å². The number of oxazole rings is 1. The Bertz CT molecular complexity index is 692. The second-order valence-corrected chi connectivity index (χ2v) is 5.24. The lowest BCUT2D eigenvalue weighted by molar-refractivity contribution is -0.122. The first-order valence-corrected chi connectivity index (χ1v) is 6.96. The van der Waals surface area contributed by atoms with E-state index >= 15 is 0 Å². The smallest absolute Gasteiger partial charge is 0.408 e. The van der Waals surface area contributed by atoms with Crippen LogP contribution in [0.15, 0.2) is 27.4 Å². The lowest BCUT2D eigenvalue weighted by Gasteiger charge is -2.12. The number of carbonyl (C=O) groups excluding carboxylic acids is 1. The number of aromatic nitrogens is 1. The number of hydrogen-bond donors (Lipinski definition) is 1. The van der Waals surface area contributed by atoms with Crippen molar-refractivity contribution in [2.45, 2.75) is 25.9 Å². The molecule has 0 aliphatic carbocycles. The van der Waals surface area contributed by atoms with Gasteiger partial charge in [-0.05, 0) is 19.1 Å². The average molecular weight is 313 g/mol. The molecule has 0 saturated heterocycles. The minimum Gasteiger partial charge on any atom is -0.408 e. The minimum atomic E-state index is -0.495. The maximum atomic E-state index is 11.8. The normalized spacial score (nSPS) is 12.5. The minimum absolute atomic E-state index is 0.0703. The molecule has 6 nitrogen and oxygen atoms in total.